The number of rotatable bonds is 6. The third-order valence-electron chi connectivity index (χ3n) is 3.72. The van der Waals surface area contributed by atoms with Crippen molar-refractivity contribution in [2.24, 2.45) is 0 Å². The molecule has 23 heavy (non-hydrogen) atoms. The summed E-state index contributed by atoms with van der Waals surface area (Å²) in [6.07, 6.45) is 1.84. The van der Waals surface area contributed by atoms with Gasteiger partial charge in [0.1, 0.15) is 5.75 Å². The van der Waals surface area contributed by atoms with Crippen molar-refractivity contribution >= 4 is 29.1 Å². The number of ether oxygens (including phenoxy) is 1. The SMILES string of the molecule is CCc1c(C)nn(C(=O)CCCOc2ccc(Cl)cc2Cl)c1C. The summed E-state index contributed by atoms with van der Waals surface area (Å²) in [4.78, 5) is 12.3. The minimum atomic E-state index is -0.0175. The average molecular weight is 355 g/mol. The van der Waals surface area contributed by atoms with Gasteiger partial charge in [0, 0.05) is 17.1 Å². The Balaban J connectivity index is 1.88. The van der Waals surface area contributed by atoms with E-state index in [-0.39, 0.29) is 5.91 Å². The van der Waals surface area contributed by atoms with E-state index >= 15 is 0 Å². The van der Waals surface area contributed by atoms with E-state index in [1.54, 1.807) is 18.2 Å². The van der Waals surface area contributed by atoms with Gasteiger partial charge < -0.3 is 4.74 Å². The molecule has 0 spiro atoms. The maximum Gasteiger partial charge on any atom is 0.247 e. The van der Waals surface area contributed by atoms with E-state index in [1.807, 2.05) is 13.8 Å². The van der Waals surface area contributed by atoms with Gasteiger partial charge >= 0.3 is 0 Å². The van der Waals surface area contributed by atoms with E-state index in [4.69, 9.17) is 27.9 Å². The minimum Gasteiger partial charge on any atom is -0.492 e. The number of aromatic nitrogens is 2. The van der Waals surface area contributed by atoms with Gasteiger partial charge in [-0.1, -0.05) is 30.1 Å². The fraction of sp³-hybridized carbons (Fsp3) is 0.412. The number of halogens is 2. The lowest BCUT2D eigenvalue weighted by Gasteiger charge is -2.08. The summed E-state index contributed by atoms with van der Waals surface area (Å²) >= 11 is 11.9. The van der Waals surface area contributed by atoms with E-state index in [9.17, 15) is 4.79 Å². The molecule has 2 rings (SSSR count). The summed E-state index contributed by atoms with van der Waals surface area (Å²) in [7, 11) is 0. The number of carbonyl (C=O) groups is 1. The summed E-state index contributed by atoms with van der Waals surface area (Å²) in [5.74, 6) is 0.555. The highest BCUT2D eigenvalue weighted by Crippen LogP contribution is 2.27. The van der Waals surface area contributed by atoms with Gasteiger partial charge in [-0.05, 0) is 50.5 Å². The molecule has 1 aromatic carbocycles. The molecule has 0 saturated heterocycles. The van der Waals surface area contributed by atoms with Gasteiger partial charge in [-0.25, -0.2) is 4.68 Å². The van der Waals surface area contributed by atoms with Crippen molar-refractivity contribution in [3.05, 3.63) is 45.2 Å². The molecule has 0 radical (unpaired) electrons. The van der Waals surface area contributed by atoms with Crippen LogP contribution < -0.4 is 4.74 Å². The van der Waals surface area contributed by atoms with E-state index in [0.717, 1.165) is 23.4 Å². The van der Waals surface area contributed by atoms with Crippen LogP contribution in [0.3, 0.4) is 0 Å². The van der Waals surface area contributed by atoms with Gasteiger partial charge in [-0.2, -0.15) is 5.10 Å². The van der Waals surface area contributed by atoms with Crippen molar-refractivity contribution in [1.29, 1.82) is 0 Å². The molecule has 0 amide bonds. The zero-order valence-corrected chi connectivity index (χ0v) is 15.0. The van der Waals surface area contributed by atoms with Crippen molar-refractivity contribution in [2.45, 2.75) is 40.0 Å². The van der Waals surface area contributed by atoms with E-state index in [2.05, 4.69) is 12.0 Å². The second kappa shape index (κ2) is 7.84. The molecule has 0 aliphatic rings. The van der Waals surface area contributed by atoms with Gasteiger partial charge in [0.2, 0.25) is 5.91 Å². The van der Waals surface area contributed by atoms with Crippen molar-refractivity contribution in [3.63, 3.8) is 0 Å². The Morgan fingerprint density at radius 1 is 1.30 bits per heavy atom. The minimum absolute atomic E-state index is 0.0175. The predicted octanol–water partition coefficient (Wildman–Crippen LogP) is 4.87. The Bertz CT molecular complexity index is 711. The zero-order chi connectivity index (χ0) is 17.0. The van der Waals surface area contributed by atoms with Crippen LogP contribution in [0.1, 0.15) is 41.5 Å². The molecule has 2 aromatic rings. The van der Waals surface area contributed by atoms with Crippen LogP contribution in [0.2, 0.25) is 10.0 Å². The molecular weight excluding hydrogens is 335 g/mol. The first-order valence-electron chi connectivity index (χ1n) is 7.60. The summed E-state index contributed by atoms with van der Waals surface area (Å²) in [5.41, 5.74) is 2.99. The van der Waals surface area contributed by atoms with Crippen molar-refractivity contribution in [3.8, 4) is 5.75 Å². The third kappa shape index (κ3) is 4.27. The highest BCUT2D eigenvalue weighted by atomic mass is 35.5. The normalized spacial score (nSPS) is 10.8. The lowest BCUT2D eigenvalue weighted by Crippen LogP contribution is -2.15. The van der Waals surface area contributed by atoms with Gasteiger partial charge in [-0.3, -0.25) is 4.79 Å². The molecule has 6 heteroatoms. The number of carbonyl (C=O) groups excluding carboxylic acids is 1. The molecule has 1 aromatic heterocycles. The molecule has 0 fully saturated rings. The van der Waals surface area contributed by atoms with Crippen molar-refractivity contribution in [2.75, 3.05) is 6.61 Å². The van der Waals surface area contributed by atoms with Gasteiger partial charge in [-0.15, -0.1) is 0 Å². The van der Waals surface area contributed by atoms with Crippen LogP contribution in [0, 0.1) is 13.8 Å². The zero-order valence-electron chi connectivity index (χ0n) is 13.5. The molecule has 4 nitrogen and oxygen atoms in total. The number of benzene rings is 1. The molecule has 0 aliphatic heterocycles. The van der Waals surface area contributed by atoms with Crippen LogP contribution in [0.25, 0.3) is 0 Å². The van der Waals surface area contributed by atoms with Crippen LogP contribution in [0.4, 0.5) is 0 Å². The Hall–Kier alpha value is -1.52. The number of hydrogen-bond acceptors (Lipinski definition) is 3. The van der Waals surface area contributed by atoms with E-state index in [1.165, 1.54) is 4.68 Å². The standard InChI is InChI=1S/C17H20Cl2N2O2/c1-4-14-11(2)20-21(12(14)3)17(22)6-5-9-23-16-8-7-13(18)10-15(16)19/h7-8,10H,4-6,9H2,1-3H3. The molecule has 0 aliphatic carbocycles. The first-order valence-corrected chi connectivity index (χ1v) is 8.35. The summed E-state index contributed by atoms with van der Waals surface area (Å²) in [6, 6.07) is 5.07. The first-order chi connectivity index (χ1) is 10.9. The maximum atomic E-state index is 12.3. The Morgan fingerprint density at radius 2 is 2.04 bits per heavy atom. The second-order valence-electron chi connectivity index (χ2n) is 5.34. The molecule has 0 bridgehead atoms. The van der Waals surface area contributed by atoms with Crippen LogP contribution >= 0.6 is 23.2 Å². The van der Waals surface area contributed by atoms with Crippen molar-refractivity contribution < 1.29 is 9.53 Å². The summed E-state index contributed by atoms with van der Waals surface area (Å²) in [5, 5.41) is 5.36. The molecule has 0 saturated carbocycles. The third-order valence-corrected chi connectivity index (χ3v) is 4.25. The van der Waals surface area contributed by atoms with Crippen LogP contribution in [0.5, 0.6) is 5.75 Å². The highest BCUT2D eigenvalue weighted by molar-refractivity contribution is 6.35. The summed E-state index contributed by atoms with van der Waals surface area (Å²) in [6.45, 7) is 6.34. The Kier molecular flexibility index (Phi) is 6.08. The lowest BCUT2D eigenvalue weighted by atomic mass is 10.1. The molecule has 0 N–H and O–H groups in total. The second-order valence-corrected chi connectivity index (χ2v) is 6.18. The fourth-order valence-electron chi connectivity index (χ4n) is 2.53. The topological polar surface area (TPSA) is 44.1 Å². The Labute approximate surface area is 146 Å². The van der Waals surface area contributed by atoms with Gasteiger partial charge in [0.25, 0.3) is 0 Å². The average Bonchev–Trinajstić information content (AvgIpc) is 2.79. The van der Waals surface area contributed by atoms with Gasteiger partial charge in [0.05, 0.1) is 17.3 Å². The molecular formula is C17H20Cl2N2O2. The molecule has 0 unspecified atom stereocenters. The van der Waals surface area contributed by atoms with E-state index in [0.29, 0.717) is 35.2 Å². The highest BCUT2D eigenvalue weighted by Gasteiger charge is 2.15. The quantitative estimate of drug-likeness (QED) is 0.695. The predicted molar refractivity (Wildman–Crippen MR) is 92.9 cm³/mol. The van der Waals surface area contributed by atoms with Crippen LogP contribution in [0.15, 0.2) is 18.2 Å². The number of hydrogen-bond donors (Lipinski definition) is 0. The fourth-order valence-corrected chi connectivity index (χ4v) is 3.00. The first kappa shape index (κ1) is 17.8. The summed E-state index contributed by atoms with van der Waals surface area (Å²) < 4.78 is 7.09. The molecule has 124 valence electrons. The largest absolute Gasteiger partial charge is 0.492 e. The Morgan fingerprint density at radius 3 is 2.65 bits per heavy atom. The molecule has 0 atom stereocenters. The number of nitrogens with zero attached hydrogens (tertiary/aromatic N) is 2. The molecule has 1 heterocycles. The monoisotopic (exact) mass is 354 g/mol. The van der Waals surface area contributed by atoms with Crippen molar-refractivity contribution in [1.82, 2.24) is 9.78 Å². The van der Waals surface area contributed by atoms with Gasteiger partial charge in [0.15, 0.2) is 0 Å². The smallest absolute Gasteiger partial charge is 0.247 e. The number of aryl methyl sites for hydroxylation is 1. The van der Waals surface area contributed by atoms with Crippen LogP contribution in [-0.4, -0.2) is 22.3 Å². The maximum absolute atomic E-state index is 12.3. The lowest BCUT2D eigenvalue weighted by molar-refractivity contribution is 0.0874. The van der Waals surface area contributed by atoms with E-state index < -0.39 is 0 Å². The van der Waals surface area contributed by atoms with Crippen LogP contribution in [-0.2, 0) is 6.42 Å².